The molecule has 0 aliphatic rings. The minimum absolute atomic E-state index is 0.0376. The van der Waals surface area contributed by atoms with Crippen molar-refractivity contribution in [1.82, 2.24) is 0 Å². The van der Waals surface area contributed by atoms with Crippen molar-refractivity contribution in [3.8, 4) is 0 Å². The maximum Gasteiger partial charge on any atom is 0.305 e. The summed E-state index contributed by atoms with van der Waals surface area (Å²) < 4.78 is 5.53. The molecule has 0 atom stereocenters. The fraction of sp³-hybridized carbons (Fsp3) is 0.985. The highest BCUT2D eigenvalue weighted by Gasteiger charge is 2.04. The van der Waals surface area contributed by atoms with Crippen molar-refractivity contribution in [2.45, 2.75) is 425 Å². The lowest BCUT2D eigenvalue weighted by molar-refractivity contribution is -0.143. The van der Waals surface area contributed by atoms with Crippen molar-refractivity contribution in [2.24, 2.45) is 0 Å². The molecule has 0 radical (unpaired) electrons. The molecule has 0 bridgehead atoms. The van der Waals surface area contributed by atoms with Crippen LogP contribution in [0.2, 0.25) is 0 Å². The second-order valence-electron chi connectivity index (χ2n) is 23.5. The molecule has 0 spiro atoms. The number of unbranched alkanes of at least 4 members (excludes halogenated alkanes) is 61. The highest BCUT2D eigenvalue weighted by molar-refractivity contribution is 5.69. The minimum Gasteiger partial charge on any atom is -0.466 e. The zero-order chi connectivity index (χ0) is 50.2. The molecule has 0 aromatic carbocycles. The Morgan fingerprint density at radius 1 is 0.186 bits per heavy atom. The molecule has 0 aliphatic carbocycles. The van der Waals surface area contributed by atoms with Gasteiger partial charge in [-0.1, -0.05) is 406 Å². The summed E-state index contributed by atoms with van der Waals surface area (Å²) in [4.78, 5) is 12.1. The zero-order valence-corrected chi connectivity index (χ0v) is 49.3. The quantitative estimate of drug-likeness (QED) is 0.0448. The van der Waals surface area contributed by atoms with Crippen LogP contribution in [0.1, 0.15) is 425 Å². The summed E-state index contributed by atoms with van der Waals surface area (Å²) in [5.41, 5.74) is 0. The number of carbonyl (C=O) groups excluding carboxylic acids is 1. The van der Waals surface area contributed by atoms with Gasteiger partial charge in [0.2, 0.25) is 0 Å². The number of esters is 1. The van der Waals surface area contributed by atoms with Crippen molar-refractivity contribution in [3.63, 3.8) is 0 Å². The molecule has 0 saturated heterocycles. The van der Waals surface area contributed by atoms with Gasteiger partial charge in [0.05, 0.1) is 6.61 Å². The van der Waals surface area contributed by atoms with Crippen molar-refractivity contribution >= 4 is 5.97 Å². The van der Waals surface area contributed by atoms with Crippen LogP contribution in [0.3, 0.4) is 0 Å². The van der Waals surface area contributed by atoms with E-state index in [1.54, 1.807) is 0 Å². The third kappa shape index (κ3) is 65.5. The Kier molecular flexibility index (Phi) is 66.0. The first-order valence-corrected chi connectivity index (χ1v) is 34.0. The standard InChI is InChI=1S/C68H136O2/c1-3-5-7-9-11-13-15-17-19-21-23-25-27-29-30-31-32-33-34-35-36-37-38-39-40-41-43-45-47-49-51-53-55-57-59-61-63-65-67-70-68(69)66-64-62-60-58-56-54-52-50-48-46-44-42-28-26-24-22-20-18-16-14-12-10-8-6-4-2/h3-67H2,1-2H3. The van der Waals surface area contributed by atoms with Crippen LogP contribution in [-0.4, -0.2) is 12.6 Å². The first kappa shape index (κ1) is 69.5. The van der Waals surface area contributed by atoms with E-state index in [1.165, 1.54) is 392 Å². The van der Waals surface area contributed by atoms with Gasteiger partial charge in [0, 0.05) is 6.42 Å². The average molecular weight is 986 g/mol. The van der Waals surface area contributed by atoms with Gasteiger partial charge in [-0.15, -0.1) is 0 Å². The molecule has 2 nitrogen and oxygen atoms in total. The molecule has 0 aromatic rings. The highest BCUT2D eigenvalue weighted by Crippen LogP contribution is 2.20. The summed E-state index contributed by atoms with van der Waals surface area (Å²) in [5.74, 6) is 0.0376. The topological polar surface area (TPSA) is 26.3 Å². The smallest absolute Gasteiger partial charge is 0.305 e. The molecular formula is C68H136O2. The van der Waals surface area contributed by atoms with E-state index in [1.807, 2.05) is 0 Å². The minimum atomic E-state index is 0.0376. The molecule has 0 heterocycles. The van der Waals surface area contributed by atoms with Crippen LogP contribution in [0, 0.1) is 0 Å². The Morgan fingerprint density at radius 3 is 0.471 bits per heavy atom. The first-order chi connectivity index (χ1) is 34.8. The van der Waals surface area contributed by atoms with Gasteiger partial charge in [0.25, 0.3) is 0 Å². The summed E-state index contributed by atoms with van der Waals surface area (Å²) >= 11 is 0. The Balaban J connectivity index is 3.14. The lowest BCUT2D eigenvalue weighted by atomic mass is 10.0. The second kappa shape index (κ2) is 66.5. The van der Waals surface area contributed by atoms with E-state index < -0.39 is 0 Å². The lowest BCUT2D eigenvalue weighted by Gasteiger charge is -2.06. The summed E-state index contributed by atoms with van der Waals surface area (Å²) in [7, 11) is 0. The third-order valence-corrected chi connectivity index (χ3v) is 16.2. The normalized spacial score (nSPS) is 11.6. The summed E-state index contributed by atoms with van der Waals surface area (Å²) in [5, 5.41) is 0. The van der Waals surface area contributed by atoms with Crippen LogP contribution in [-0.2, 0) is 9.53 Å². The molecule has 0 saturated carbocycles. The monoisotopic (exact) mass is 985 g/mol. The van der Waals surface area contributed by atoms with Crippen molar-refractivity contribution in [3.05, 3.63) is 0 Å². The summed E-state index contributed by atoms with van der Waals surface area (Å²) in [6.07, 6.45) is 90.7. The van der Waals surface area contributed by atoms with Gasteiger partial charge in [-0.05, 0) is 12.8 Å². The number of ether oxygens (including phenoxy) is 1. The van der Waals surface area contributed by atoms with Gasteiger partial charge < -0.3 is 4.74 Å². The van der Waals surface area contributed by atoms with Crippen molar-refractivity contribution in [1.29, 1.82) is 0 Å². The largest absolute Gasteiger partial charge is 0.466 e. The van der Waals surface area contributed by atoms with Gasteiger partial charge in [0.15, 0.2) is 0 Å². The maximum atomic E-state index is 12.1. The third-order valence-electron chi connectivity index (χ3n) is 16.2. The molecule has 420 valence electrons. The fourth-order valence-electron chi connectivity index (χ4n) is 11.2. The van der Waals surface area contributed by atoms with Crippen LogP contribution in [0.4, 0.5) is 0 Å². The SMILES string of the molecule is CCCCCCCCCCCCCCCCCCCCCCCCCCCCCCCCCCCCCCCCOC(=O)CCCCCCCCCCCCCCCCCCCCCCCCCCC. The zero-order valence-electron chi connectivity index (χ0n) is 49.3. The molecule has 0 amide bonds. The number of carbonyl (C=O) groups is 1. The van der Waals surface area contributed by atoms with Gasteiger partial charge in [-0.25, -0.2) is 0 Å². The predicted octanol–water partition coefficient (Wildman–Crippen LogP) is 25.5. The number of rotatable bonds is 65. The Morgan fingerprint density at radius 2 is 0.314 bits per heavy atom. The molecule has 0 fully saturated rings. The molecular weight excluding hydrogens is 849 g/mol. The van der Waals surface area contributed by atoms with Gasteiger partial charge in [-0.3, -0.25) is 4.79 Å². The number of hydrogen-bond donors (Lipinski definition) is 0. The van der Waals surface area contributed by atoms with Crippen LogP contribution in [0.15, 0.2) is 0 Å². The molecule has 0 unspecified atom stereocenters. The van der Waals surface area contributed by atoms with Gasteiger partial charge in [0.1, 0.15) is 0 Å². The van der Waals surface area contributed by atoms with Gasteiger partial charge in [-0.2, -0.15) is 0 Å². The van der Waals surface area contributed by atoms with Crippen molar-refractivity contribution in [2.75, 3.05) is 6.61 Å². The summed E-state index contributed by atoms with van der Waals surface area (Å²) in [6.45, 7) is 5.25. The van der Waals surface area contributed by atoms with E-state index in [0.29, 0.717) is 13.0 Å². The number of hydrogen-bond acceptors (Lipinski definition) is 2. The van der Waals surface area contributed by atoms with E-state index in [-0.39, 0.29) is 5.97 Å². The first-order valence-electron chi connectivity index (χ1n) is 34.0. The molecule has 0 aliphatic heterocycles. The molecule has 0 rings (SSSR count). The van der Waals surface area contributed by atoms with E-state index in [9.17, 15) is 4.79 Å². The fourth-order valence-corrected chi connectivity index (χ4v) is 11.2. The Labute approximate surface area is 444 Å². The van der Waals surface area contributed by atoms with Crippen LogP contribution >= 0.6 is 0 Å². The molecule has 0 N–H and O–H groups in total. The van der Waals surface area contributed by atoms with E-state index in [0.717, 1.165) is 12.8 Å². The van der Waals surface area contributed by atoms with Gasteiger partial charge >= 0.3 is 5.97 Å². The lowest BCUT2D eigenvalue weighted by Crippen LogP contribution is -2.05. The van der Waals surface area contributed by atoms with E-state index in [2.05, 4.69) is 13.8 Å². The van der Waals surface area contributed by atoms with E-state index >= 15 is 0 Å². The molecule has 70 heavy (non-hydrogen) atoms. The molecule has 2 heteroatoms. The second-order valence-corrected chi connectivity index (χ2v) is 23.5. The highest BCUT2D eigenvalue weighted by atomic mass is 16.5. The average Bonchev–Trinajstić information content (AvgIpc) is 3.37. The summed E-state index contributed by atoms with van der Waals surface area (Å²) in [6, 6.07) is 0. The Hall–Kier alpha value is -0.530. The van der Waals surface area contributed by atoms with Crippen LogP contribution in [0.5, 0.6) is 0 Å². The maximum absolute atomic E-state index is 12.1. The van der Waals surface area contributed by atoms with Crippen LogP contribution in [0.25, 0.3) is 0 Å². The van der Waals surface area contributed by atoms with E-state index in [4.69, 9.17) is 4.74 Å². The Bertz CT molecular complexity index is 898. The van der Waals surface area contributed by atoms with Crippen LogP contribution < -0.4 is 0 Å². The predicted molar refractivity (Wildman–Crippen MR) is 318 cm³/mol. The molecule has 0 aromatic heterocycles. The van der Waals surface area contributed by atoms with Crippen molar-refractivity contribution < 1.29 is 9.53 Å².